The lowest BCUT2D eigenvalue weighted by molar-refractivity contribution is -0.122. The van der Waals surface area contributed by atoms with Gasteiger partial charge in [-0.25, -0.2) is 0 Å². The van der Waals surface area contributed by atoms with Crippen LogP contribution in [0, 0.1) is 0 Å². The monoisotopic (exact) mass is 224 g/mol. The number of benzene rings is 1. The molecule has 2 atom stereocenters. The van der Waals surface area contributed by atoms with E-state index in [0.717, 1.165) is 5.56 Å². The summed E-state index contributed by atoms with van der Waals surface area (Å²) in [6.45, 7) is 1.70. The second kappa shape index (κ2) is 3.75. The highest BCUT2D eigenvalue weighted by atomic mass is 32.1. The van der Waals surface area contributed by atoms with Crippen molar-refractivity contribution in [1.29, 1.82) is 0 Å². The van der Waals surface area contributed by atoms with Crippen molar-refractivity contribution < 1.29 is 9.53 Å². The Labute approximate surface area is 93.2 Å². The molecule has 2 unspecified atom stereocenters. The highest BCUT2D eigenvalue weighted by Gasteiger charge is 2.23. The molecule has 1 aliphatic heterocycles. The number of fused-ring (bicyclic) bond motifs is 1. The summed E-state index contributed by atoms with van der Waals surface area (Å²) < 4.78 is 5.40. The Balaban J connectivity index is 2.37. The maximum Gasteiger partial charge on any atom is 0.265 e. The molecule has 1 aliphatic rings. The van der Waals surface area contributed by atoms with E-state index in [1.165, 1.54) is 0 Å². The van der Waals surface area contributed by atoms with Gasteiger partial charge in [0.05, 0.1) is 11.1 Å². The molecule has 1 aromatic carbocycles. The molecule has 0 spiro atoms. The van der Waals surface area contributed by atoms with Crippen molar-refractivity contribution in [3.05, 3.63) is 23.8 Å². The number of hydrogen-bond acceptors (Lipinski definition) is 4. The molecule has 4 nitrogen and oxygen atoms in total. The van der Waals surface area contributed by atoms with Crippen molar-refractivity contribution in [2.45, 2.75) is 18.4 Å². The molecule has 0 aromatic heterocycles. The predicted octanol–water partition coefficient (Wildman–Crippen LogP) is 1.29. The molecule has 2 rings (SSSR count). The second-order valence-electron chi connectivity index (χ2n) is 3.45. The normalized spacial score (nSPS) is 21.3. The van der Waals surface area contributed by atoms with Crippen LogP contribution in [-0.2, 0) is 4.79 Å². The zero-order chi connectivity index (χ0) is 11.0. The Hall–Kier alpha value is -1.20. The van der Waals surface area contributed by atoms with Gasteiger partial charge in [0.1, 0.15) is 5.75 Å². The van der Waals surface area contributed by atoms with E-state index in [1.54, 1.807) is 19.1 Å². The van der Waals surface area contributed by atoms with Gasteiger partial charge in [0, 0.05) is 0 Å². The van der Waals surface area contributed by atoms with E-state index in [1.807, 2.05) is 6.07 Å². The third-order valence-electron chi connectivity index (χ3n) is 2.28. The number of anilines is 1. The van der Waals surface area contributed by atoms with Gasteiger partial charge in [0.2, 0.25) is 0 Å². The van der Waals surface area contributed by atoms with Gasteiger partial charge < -0.3 is 15.8 Å². The Morgan fingerprint density at radius 1 is 1.60 bits per heavy atom. The van der Waals surface area contributed by atoms with Gasteiger partial charge in [0.15, 0.2) is 6.10 Å². The lowest BCUT2D eigenvalue weighted by Crippen LogP contribution is -2.34. The lowest BCUT2D eigenvalue weighted by Gasteiger charge is -2.24. The molecule has 0 saturated heterocycles. The zero-order valence-corrected chi connectivity index (χ0v) is 9.12. The fourth-order valence-corrected chi connectivity index (χ4v) is 1.57. The fraction of sp³-hybridized carbons (Fsp3) is 0.300. The number of amides is 1. The van der Waals surface area contributed by atoms with Gasteiger partial charge in [-0.1, -0.05) is 6.07 Å². The van der Waals surface area contributed by atoms with Gasteiger partial charge in [0.25, 0.3) is 5.91 Å². The van der Waals surface area contributed by atoms with Crippen LogP contribution in [0.5, 0.6) is 5.75 Å². The van der Waals surface area contributed by atoms with Crippen LogP contribution in [0.25, 0.3) is 0 Å². The fourth-order valence-electron chi connectivity index (χ4n) is 1.41. The topological polar surface area (TPSA) is 64.3 Å². The SMILES string of the molecule is CC1Oc2ccc(C(N)S)cc2NC1=O. The summed E-state index contributed by atoms with van der Waals surface area (Å²) in [5, 5.41) is 2.40. The van der Waals surface area contributed by atoms with Crippen LogP contribution in [0.4, 0.5) is 5.69 Å². The molecule has 15 heavy (non-hydrogen) atoms. The number of nitrogens with one attached hydrogen (secondary N) is 1. The van der Waals surface area contributed by atoms with Crippen LogP contribution in [0.1, 0.15) is 17.9 Å². The number of hydrogen-bond donors (Lipinski definition) is 3. The average Bonchev–Trinajstić information content (AvgIpc) is 2.19. The first kappa shape index (κ1) is 10.3. The second-order valence-corrected chi connectivity index (χ2v) is 4.01. The molecule has 0 aliphatic carbocycles. The first-order valence-corrected chi connectivity index (χ1v) is 5.14. The minimum atomic E-state index is -0.451. The molecule has 5 heteroatoms. The van der Waals surface area contributed by atoms with Crippen LogP contribution in [0.2, 0.25) is 0 Å². The lowest BCUT2D eigenvalue weighted by atomic mass is 10.1. The van der Waals surface area contributed by atoms with Gasteiger partial charge >= 0.3 is 0 Å². The number of ether oxygens (including phenoxy) is 1. The number of carbonyl (C=O) groups is 1. The predicted molar refractivity (Wildman–Crippen MR) is 61.1 cm³/mol. The van der Waals surface area contributed by atoms with Gasteiger partial charge in [-0.3, -0.25) is 4.79 Å². The Morgan fingerprint density at radius 2 is 2.33 bits per heavy atom. The minimum Gasteiger partial charge on any atom is -0.479 e. The van der Waals surface area contributed by atoms with Gasteiger partial charge in [-0.15, -0.1) is 0 Å². The van der Waals surface area contributed by atoms with Crippen molar-refractivity contribution in [1.82, 2.24) is 0 Å². The van der Waals surface area contributed by atoms with E-state index in [9.17, 15) is 4.79 Å². The number of thiol groups is 1. The van der Waals surface area contributed by atoms with E-state index in [-0.39, 0.29) is 11.3 Å². The molecule has 0 fully saturated rings. The van der Waals surface area contributed by atoms with Crippen molar-refractivity contribution in [3.63, 3.8) is 0 Å². The number of rotatable bonds is 1. The number of nitrogens with two attached hydrogens (primary N) is 1. The third-order valence-corrected chi connectivity index (χ3v) is 2.57. The quantitative estimate of drug-likeness (QED) is 0.497. The molecule has 1 amide bonds. The molecule has 1 heterocycles. The van der Waals surface area contributed by atoms with Crippen LogP contribution >= 0.6 is 12.6 Å². The molecule has 3 N–H and O–H groups in total. The van der Waals surface area contributed by atoms with Crippen LogP contribution < -0.4 is 15.8 Å². The summed E-state index contributed by atoms with van der Waals surface area (Å²) in [6, 6.07) is 5.40. The van der Waals surface area contributed by atoms with Crippen molar-refractivity contribution in [3.8, 4) is 5.75 Å². The molecule has 0 radical (unpaired) electrons. The Morgan fingerprint density at radius 3 is 3.00 bits per heavy atom. The molecule has 1 aromatic rings. The van der Waals surface area contributed by atoms with Crippen LogP contribution in [-0.4, -0.2) is 12.0 Å². The first-order valence-electron chi connectivity index (χ1n) is 4.63. The summed E-state index contributed by atoms with van der Waals surface area (Å²) in [4.78, 5) is 11.4. The maximum atomic E-state index is 11.4. The first-order chi connectivity index (χ1) is 7.08. The highest BCUT2D eigenvalue weighted by Crippen LogP contribution is 2.32. The average molecular weight is 224 g/mol. The van der Waals surface area contributed by atoms with Crippen molar-refractivity contribution in [2.24, 2.45) is 5.73 Å². The van der Waals surface area contributed by atoms with Crippen molar-refractivity contribution in [2.75, 3.05) is 5.32 Å². The maximum absolute atomic E-state index is 11.4. The van der Waals surface area contributed by atoms with E-state index < -0.39 is 6.10 Å². The van der Waals surface area contributed by atoms with Gasteiger partial charge in [-0.05, 0) is 24.6 Å². The summed E-state index contributed by atoms with van der Waals surface area (Å²) in [5.74, 6) is 0.521. The van der Waals surface area contributed by atoms with Crippen LogP contribution in [0.15, 0.2) is 18.2 Å². The summed E-state index contributed by atoms with van der Waals surface area (Å²) in [7, 11) is 0. The summed E-state index contributed by atoms with van der Waals surface area (Å²) in [5.41, 5.74) is 7.12. The minimum absolute atomic E-state index is 0.146. The summed E-state index contributed by atoms with van der Waals surface area (Å²) >= 11 is 4.12. The molecular weight excluding hydrogens is 212 g/mol. The van der Waals surface area contributed by atoms with E-state index in [4.69, 9.17) is 10.5 Å². The Kier molecular flexibility index (Phi) is 2.58. The standard InChI is InChI=1S/C10H12N2O2S/c1-5-10(13)12-7-4-6(9(11)15)2-3-8(7)14-5/h2-5,9,15H,11H2,1H3,(H,12,13). The number of carbonyl (C=O) groups excluding carboxylic acids is 1. The summed E-state index contributed by atoms with van der Waals surface area (Å²) in [6.07, 6.45) is -0.451. The highest BCUT2D eigenvalue weighted by molar-refractivity contribution is 7.80. The van der Waals surface area contributed by atoms with Crippen molar-refractivity contribution >= 4 is 24.2 Å². The molecule has 80 valence electrons. The van der Waals surface area contributed by atoms with E-state index in [2.05, 4.69) is 17.9 Å². The zero-order valence-electron chi connectivity index (χ0n) is 8.23. The van der Waals surface area contributed by atoms with Gasteiger partial charge in [-0.2, -0.15) is 12.6 Å². The van der Waals surface area contributed by atoms with E-state index in [0.29, 0.717) is 11.4 Å². The van der Waals surface area contributed by atoms with E-state index >= 15 is 0 Å². The molecular formula is C10H12N2O2S. The molecule has 0 saturated carbocycles. The Bertz CT molecular complexity index is 406. The smallest absolute Gasteiger partial charge is 0.265 e. The third kappa shape index (κ3) is 1.93. The largest absolute Gasteiger partial charge is 0.479 e. The molecule has 0 bridgehead atoms. The van der Waals surface area contributed by atoms with Crippen LogP contribution in [0.3, 0.4) is 0 Å².